The highest BCUT2D eigenvalue weighted by molar-refractivity contribution is 8.00. The number of amides is 1. The summed E-state index contributed by atoms with van der Waals surface area (Å²) in [5.41, 5.74) is 2.78. The topological polar surface area (TPSA) is 75.0 Å². The van der Waals surface area contributed by atoms with Gasteiger partial charge in [-0.05, 0) is 37.2 Å². The van der Waals surface area contributed by atoms with Crippen molar-refractivity contribution < 1.29 is 9.21 Å². The molecule has 7 heteroatoms. The number of aromatic amines is 1. The Balaban J connectivity index is 1.64. The van der Waals surface area contributed by atoms with Crippen LogP contribution >= 0.6 is 11.8 Å². The van der Waals surface area contributed by atoms with Crippen LogP contribution in [0.5, 0.6) is 0 Å². The largest absolute Gasteiger partial charge is 0.411 e. The van der Waals surface area contributed by atoms with Crippen molar-refractivity contribution in [3.05, 3.63) is 66.4 Å². The molecular weight excluding hydrogens is 384 g/mol. The van der Waals surface area contributed by atoms with Crippen molar-refractivity contribution in [2.24, 2.45) is 0 Å². The second kappa shape index (κ2) is 8.53. The van der Waals surface area contributed by atoms with Crippen LogP contribution in [0.2, 0.25) is 0 Å². The molecule has 1 atom stereocenters. The van der Waals surface area contributed by atoms with Crippen LogP contribution in [0.4, 0.5) is 0 Å². The number of H-pyrrole nitrogens is 1. The van der Waals surface area contributed by atoms with Gasteiger partial charge in [-0.15, -0.1) is 10.2 Å². The van der Waals surface area contributed by atoms with Gasteiger partial charge in [0.1, 0.15) is 5.25 Å². The molecule has 0 spiro atoms. The van der Waals surface area contributed by atoms with Gasteiger partial charge < -0.3 is 14.3 Å². The maximum atomic E-state index is 13.1. The SMILES string of the molecule is CCN(CC)C(=O)[C@@H](Sc1nnc(-c2c[nH]c3ccccc23)o1)c1ccccc1. The maximum Gasteiger partial charge on any atom is 0.277 e. The fourth-order valence-corrected chi connectivity index (χ4v) is 4.27. The standard InChI is InChI=1S/C22H22N4O2S/c1-3-26(4-2)21(27)19(15-10-6-5-7-11-15)29-22-25-24-20(28-22)17-14-23-18-13-9-8-12-16(17)18/h5-14,19,23H,3-4H2,1-2H3/t19-/m0/s1. The Kier molecular flexibility index (Phi) is 5.67. The summed E-state index contributed by atoms with van der Waals surface area (Å²) >= 11 is 1.29. The summed E-state index contributed by atoms with van der Waals surface area (Å²) in [5, 5.41) is 9.37. The van der Waals surface area contributed by atoms with E-state index in [1.54, 1.807) is 0 Å². The fourth-order valence-electron chi connectivity index (χ4n) is 3.31. The first kappa shape index (κ1) is 19.3. The third-order valence-electron chi connectivity index (χ3n) is 4.85. The number of nitrogens with one attached hydrogen (secondary N) is 1. The van der Waals surface area contributed by atoms with E-state index in [1.165, 1.54) is 11.8 Å². The second-order valence-electron chi connectivity index (χ2n) is 6.54. The van der Waals surface area contributed by atoms with Crippen LogP contribution in [0.15, 0.2) is 70.4 Å². The van der Waals surface area contributed by atoms with E-state index in [0.717, 1.165) is 22.0 Å². The molecule has 0 fully saturated rings. The van der Waals surface area contributed by atoms with E-state index in [9.17, 15) is 4.79 Å². The first-order valence-electron chi connectivity index (χ1n) is 9.61. The average molecular weight is 407 g/mol. The monoisotopic (exact) mass is 406 g/mol. The molecule has 0 saturated carbocycles. The molecule has 1 N–H and O–H groups in total. The summed E-state index contributed by atoms with van der Waals surface area (Å²) in [5.74, 6) is 0.477. The molecule has 148 valence electrons. The van der Waals surface area contributed by atoms with Crippen molar-refractivity contribution >= 4 is 28.6 Å². The number of nitrogens with zero attached hydrogens (tertiary/aromatic N) is 3. The van der Waals surface area contributed by atoms with E-state index in [-0.39, 0.29) is 5.91 Å². The maximum absolute atomic E-state index is 13.1. The Morgan fingerprint density at radius 1 is 1.07 bits per heavy atom. The lowest BCUT2D eigenvalue weighted by Gasteiger charge is -2.24. The first-order chi connectivity index (χ1) is 14.2. The molecule has 0 aliphatic carbocycles. The van der Waals surface area contributed by atoms with Gasteiger partial charge in [0.2, 0.25) is 5.91 Å². The summed E-state index contributed by atoms with van der Waals surface area (Å²) in [7, 11) is 0. The molecule has 0 bridgehead atoms. The van der Waals surface area contributed by atoms with Gasteiger partial charge in [0.05, 0.1) is 5.56 Å². The lowest BCUT2D eigenvalue weighted by Crippen LogP contribution is -2.33. The Labute approximate surface area is 173 Å². The second-order valence-corrected chi connectivity index (χ2v) is 7.60. The molecule has 0 saturated heterocycles. The van der Waals surface area contributed by atoms with Gasteiger partial charge in [-0.25, -0.2) is 0 Å². The zero-order valence-corrected chi connectivity index (χ0v) is 17.1. The number of para-hydroxylation sites is 1. The van der Waals surface area contributed by atoms with Gasteiger partial charge in [0, 0.05) is 30.2 Å². The molecule has 6 nitrogen and oxygen atoms in total. The molecule has 1 amide bonds. The van der Waals surface area contributed by atoms with Gasteiger partial charge in [-0.3, -0.25) is 4.79 Å². The van der Waals surface area contributed by atoms with Crippen molar-refractivity contribution in [1.82, 2.24) is 20.1 Å². The Hall–Kier alpha value is -3.06. The summed E-state index contributed by atoms with van der Waals surface area (Å²) in [4.78, 5) is 18.2. The number of aromatic nitrogens is 3. The number of rotatable bonds is 7. The summed E-state index contributed by atoms with van der Waals surface area (Å²) < 4.78 is 5.94. The highest BCUT2D eigenvalue weighted by Crippen LogP contribution is 2.38. The van der Waals surface area contributed by atoms with Crippen LogP contribution in [0, 0.1) is 0 Å². The van der Waals surface area contributed by atoms with E-state index in [4.69, 9.17) is 4.42 Å². The predicted molar refractivity (Wildman–Crippen MR) is 115 cm³/mol. The van der Waals surface area contributed by atoms with Crippen molar-refractivity contribution in [1.29, 1.82) is 0 Å². The molecule has 0 radical (unpaired) electrons. The number of hydrogen-bond donors (Lipinski definition) is 1. The number of benzene rings is 2. The highest BCUT2D eigenvalue weighted by atomic mass is 32.2. The van der Waals surface area contributed by atoms with E-state index in [1.807, 2.05) is 79.5 Å². The van der Waals surface area contributed by atoms with E-state index in [2.05, 4.69) is 15.2 Å². The highest BCUT2D eigenvalue weighted by Gasteiger charge is 2.28. The lowest BCUT2D eigenvalue weighted by molar-refractivity contribution is -0.130. The number of likely N-dealkylation sites (N-methyl/N-ethyl adjacent to an activating group) is 1. The van der Waals surface area contributed by atoms with Crippen LogP contribution < -0.4 is 0 Å². The van der Waals surface area contributed by atoms with Crippen molar-refractivity contribution in [3.63, 3.8) is 0 Å². The summed E-state index contributed by atoms with van der Waals surface area (Å²) in [6, 6.07) is 17.7. The molecule has 29 heavy (non-hydrogen) atoms. The number of thioether (sulfide) groups is 1. The van der Waals surface area contributed by atoms with Gasteiger partial charge in [-0.1, -0.05) is 48.5 Å². The van der Waals surface area contributed by atoms with E-state index < -0.39 is 5.25 Å². The third-order valence-corrected chi connectivity index (χ3v) is 5.92. The molecular formula is C22H22N4O2S. The van der Waals surface area contributed by atoms with E-state index >= 15 is 0 Å². The number of hydrogen-bond acceptors (Lipinski definition) is 5. The zero-order valence-electron chi connectivity index (χ0n) is 16.3. The van der Waals surface area contributed by atoms with Crippen molar-refractivity contribution in [2.75, 3.05) is 13.1 Å². The Bertz CT molecular complexity index is 1100. The normalized spacial score (nSPS) is 12.2. The average Bonchev–Trinajstić information content (AvgIpc) is 3.40. The minimum atomic E-state index is -0.438. The fraction of sp³-hybridized carbons (Fsp3) is 0.227. The Morgan fingerprint density at radius 2 is 1.79 bits per heavy atom. The number of carbonyl (C=O) groups excluding carboxylic acids is 1. The zero-order chi connectivity index (χ0) is 20.2. The summed E-state index contributed by atoms with van der Waals surface area (Å²) in [6.45, 7) is 5.28. The molecule has 2 aromatic heterocycles. The van der Waals surface area contributed by atoms with Crippen LogP contribution in [0.25, 0.3) is 22.4 Å². The van der Waals surface area contributed by atoms with Crippen molar-refractivity contribution in [2.45, 2.75) is 24.3 Å². The molecule has 2 aromatic carbocycles. The van der Waals surface area contributed by atoms with Crippen LogP contribution in [-0.4, -0.2) is 39.1 Å². The minimum absolute atomic E-state index is 0.0399. The van der Waals surface area contributed by atoms with Crippen LogP contribution in [0.3, 0.4) is 0 Å². The van der Waals surface area contributed by atoms with E-state index in [0.29, 0.717) is 24.2 Å². The number of carbonyl (C=O) groups is 1. The van der Waals surface area contributed by atoms with Gasteiger partial charge in [-0.2, -0.15) is 0 Å². The van der Waals surface area contributed by atoms with Gasteiger partial charge >= 0.3 is 0 Å². The predicted octanol–water partition coefficient (Wildman–Crippen LogP) is 4.92. The van der Waals surface area contributed by atoms with Gasteiger partial charge in [0.15, 0.2) is 0 Å². The molecule has 0 aliphatic heterocycles. The first-order valence-corrected chi connectivity index (χ1v) is 10.5. The molecule has 4 aromatic rings. The quantitative estimate of drug-likeness (QED) is 0.441. The molecule has 2 heterocycles. The molecule has 0 unspecified atom stereocenters. The van der Waals surface area contributed by atoms with Crippen LogP contribution in [-0.2, 0) is 4.79 Å². The third kappa shape index (κ3) is 3.91. The smallest absolute Gasteiger partial charge is 0.277 e. The van der Waals surface area contributed by atoms with Crippen molar-refractivity contribution in [3.8, 4) is 11.5 Å². The lowest BCUT2D eigenvalue weighted by atomic mass is 10.1. The molecule has 4 rings (SSSR count). The summed E-state index contributed by atoms with van der Waals surface area (Å²) in [6.07, 6.45) is 1.86. The van der Waals surface area contributed by atoms with Crippen LogP contribution in [0.1, 0.15) is 24.7 Å². The molecule has 0 aliphatic rings. The Morgan fingerprint density at radius 3 is 2.55 bits per heavy atom. The number of fused-ring (bicyclic) bond motifs is 1. The minimum Gasteiger partial charge on any atom is -0.411 e. The van der Waals surface area contributed by atoms with Gasteiger partial charge in [0.25, 0.3) is 11.1 Å².